The van der Waals surface area contributed by atoms with E-state index in [1.54, 1.807) is 0 Å². The zero-order valence-electron chi connectivity index (χ0n) is 9.27. The van der Waals surface area contributed by atoms with E-state index in [0.717, 1.165) is 18.8 Å². The second-order valence-corrected chi connectivity index (χ2v) is 5.08. The minimum atomic E-state index is -1.26. The molecule has 1 N–H and O–H groups in total. The van der Waals surface area contributed by atoms with Gasteiger partial charge in [0.2, 0.25) is 0 Å². The first-order valence-corrected chi connectivity index (χ1v) is 5.86. The molecule has 2 nitrogen and oxygen atoms in total. The lowest BCUT2D eigenvalue weighted by atomic mass is 10.0. The number of hydrogen-bond acceptors (Lipinski definition) is 2. The molecule has 17 heavy (non-hydrogen) atoms. The van der Waals surface area contributed by atoms with Crippen molar-refractivity contribution in [3.05, 3.63) is 23.6 Å². The van der Waals surface area contributed by atoms with Crippen LogP contribution in [0.4, 0.5) is 19.0 Å². The fourth-order valence-electron chi connectivity index (χ4n) is 2.41. The maximum absolute atomic E-state index is 13.3. The van der Waals surface area contributed by atoms with Gasteiger partial charge in [-0.1, -0.05) is 0 Å². The Morgan fingerprint density at radius 2 is 1.94 bits per heavy atom. The Balaban J connectivity index is 1.70. The summed E-state index contributed by atoms with van der Waals surface area (Å²) in [5, 5.41) is 2.81. The van der Waals surface area contributed by atoms with Gasteiger partial charge >= 0.3 is 0 Å². The highest BCUT2D eigenvalue weighted by atomic mass is 19.2. The van der Waals surface area contributed by atoms with Crippen LogP contribution in [-0.4, -0.2) is 11.5 Å². The van der Waals surface area contributed by atoms with Crippen LogP contribution < -0.4 is 5.32 Å². The van der Waals surface area contributed by atoms with E-state index in [2.05, 4.69) is 10.3 Å². The minimum absolute atomic E-state index is 0.184. The van der Waals surface area contributed by atoms with E-state index in [4.69, 9.17) is 0 Å². The van der Waals surface area contributed by atoms with Crippen LogP contribution in [0.2, 0.25) is 0 Å². The van der Waals surface area contributed by atoms with Crippen molar-refractivity contribution in [3.8, 4) is 0 Å². The topological polar surface area (TPSA) is 24.9 Å². The highest BCUT2D eigenvalue weighted by Crippen LogP contribution is 2.61. The van der Waals surface area contributed by atoms with Gasteiger partial charge in [0.15, 0.2) is 17.5 Å². The van der Waals surface area contributed by atoms with Gasteiger partial charge < -0.3 is 5.32 Å². The van der Waals surface area contributed by atoms with Crippen LogP contribution in [0.5, 0.6) is 0 Å². The average Bonchev–Trinajstić information content (AvgIpc) is 3.14. The zero-order valence-corrected chi connectivity index (χ0v) is 9.27. The van der Waals surface area contributed by atoms with Crippen molar-refractivity contribution in [2.24, 2.45) is 11.3 Å². The van der Waals surface area contributed by atoms with Gasteiger partial charge in [-0.25, -0.2) is 8.78 Å². The number of halogens is 3. The van der Waals surface area contributed by atoms with Crippen molar-refractivity contribution in [1.82, 2.24) is 4.98 Å². The van der Waals surface area contributed by atoms with E-state index in [-0.39, 0.29) is 11.2 Å². The van der Waals surface area contributed by atoms with Gasteiger partial charge in [0, 0.05) is 12.6 Å². The first-order valence-electron chi connectivity index (χ1n) is 5.86. The summed E-state index contributed by atoms with van der Waals surface area (Å²) >= 11 is 0. The molecule has 2 saturated carbocycles. The van der Waals surface area contributed by atoms with Gasteiger partial charge in [0.1, 0.15) is 0 Å². The molecular weight excluding hydrogens is 229 g/mol. The zero-order chi connectivity index (χ0) is 12.0. The smallest absolute Gasteiger partial charge is 0.251 e. The molecule has 0 unspecified atom stereocenters. The maximum Gasteiger partial charge on any atom is 0.251 e. The number of rotatable bonds is 4. The van der Waals surface area contributed by atoms with Crippen molar-refractivity contribution in [2.75, 3.05) is 11.9 Å². The van der Waals surface area contributed by atoms with Crippen LogP contribution in [0, 0.1) is 28.9 Å². The lowest BCUT2D eigenvalue weighted by molar-refractivity contribution is 0.453. The maximum atomic E-state index is 13.3. The normalized spacial score (nSPS) is 21.4. The van der Waals surface area contributed by atoms with Crippen molar-refractivity contribution in [3.63, 3.8) is 0 Å². The predicted octanol–water partition coefficient (Wildman–Crippen LogP) is 3.10. The fourth-order valence-corrected chi connectivity index (χ4v) is 2.41. The quantitative estimate of drug-likeness (QED) is 0.820. The SMILES string of the molecule is Fc1cc(F)c(NCC2(C3CC3)CC2)nc1F. The second kappa shape index (κ2) is 3.62. The highest BCUT2D eigenvalue weighted by molar-refractivity contribution is 5.37. The van der Waals surface area contributed by atoms with E-state index in [0.29, 0.717) is 12.6 Å². The first kappa shape index (κ1) is 10.9. The molecule has 1 aromatic rings. The summed E-state index contributed by atoms with van der Waals surface area (Å²) in [5.74, 6) is -2.81. The molecule has 0 saturated heterocycles. The van der Waals surface area contributed by atoms with Crippen LogP contribution in [0.3, 0.4) is 0 Å². The number of hydrogen-bond donors (Lipinski definition) is 1. The van der Waals surface area contributed by atoms with Gasteiger partial charge in [-0.2, -0.15) is 9.37 Å². The van der Waals surface area contributed by atoms with Crippen molar-refractivity contribution < 1.29 is 13.2 Å². The molecule has 2 aliphatic carbocycles. The third kappa shape index (κ3) is 1.98. The Kier molecular flexibility index (Phi) is 2.31. The van der Waals surface area contributed by atoms with E-state index in [1.165, 1.54) is 12.8 Å². The molecule has 1 heterocycles. The third-order valence-corrected chi connectivity index (χ3v) is 3.83. The summed E-state index contributed by atoms with van der Waals surface area (Å²) in [7, 11) is 0. The molecule has 0 bridgehead atoms. The molecule has 0 atom stereocenters. The Morgan fingerprint density at radius 1 is 1.24 bits per heavy atom. The summed E-state index contributed by atoms with van der Waals surface area (Å²) in [5.41, 5.74) is 0.263. The lowest BCUT2D eigenvalue weighted by Crippen LogP contribution is -2.19. The molecule has 0 radical (unpaired) electrons. The van der Waals surface area contributed by atoms with Gasteiger partial charge in [0.05, 0.1) is 0 Å². The van der Waals surface area contributed by atoms with Crippen LogP contribution >= 0.6 is 0 Å². The molecule has 1 aromatic heterocycles. The standard InChI is InChI=1S/C12H13F3N2/c13-8-5-9(14)11(17-10(8)15)16-6-12(3-4-12)7-1-2-7/h5,7H,1-4,6H2,(H,16,17). The van der Waals surface area contributed by atoms with Crippen molar-refractivity contribution in [2.45, 2.75) is 25.7 Å². The molecule has 5 heteroatoms. The number of anilines is 1. The highest BCUT2D eigenvalue weighted by Gasteiger charge is 2.53. The lowest BCUT2D eigenvalue weighted by Gasteiger charge is -2.15. The molecule has 0 aromatic carbocycles. The van der Waals surface area contributed by atoms with E-state index in [1.807, 2.05) is 0 Å². The summed E-state index contributed by atoms with van der Waals surface area (Å²) < 4.78 is 38.9. The fraction of sp³-hybridized carbons (Fsp3) is 0.583. The van der Waals surface area contributed by atoms with E-state index < -0.39 is 17.6 Å². The van der Waals surface area contributed by atoms with Crippen LogP contribution in [0.25, 0.3) is 0 Å². The summed E-state index contributed by atoms with van der Waals surface area (Å²) in [4.78, 5) is 3.26. The summed E-state index contributed by atoms with van der Waals surface area (Å²) in [6.07, 6.45) is 4.73. The largest absolute Gasteiger partial charge is 0.367 e. The van der Waals surface area contributed by atoms with Crippen LogP contribution in [-0.2, 0) is 0 Å². The predicted molar refractivity (Wildman–Crippen MR) is 57.0 cm³/mol. The van der Waals surface area contributed by atoms with E-state index >= 15 is 0 Å². The van der Waals surface area contributed by atoms with Crippen molar-refractivity contribution in [1.29, 1.82) is 0 Å². The van der Waals surface area contributed by atoms with E-state index in [9.17, 15) is 13.2 Å². The van der Waals surface area contributed by atoms with Gasteiger partial charge in [-0.15, -0.1) is 0 Å². The van der Waals surface area contributed by atoms with Crippen LogP contribution in [0.1, 0.15) is 25.7 Å². The molecule has 2 fully saturated rings. The molecule has 0 aliphatic heterocycles. The third-order valence-electron chi connectivity index (χ3n) is 3.83. The van der Waals surface area contributed by atoms with Crippen molar-refractivity contribution >= 4 is 5.82 Å². The first-order chi connectivity index (χ1) is 8.11. The Hall–Kier alpha value is -1.26. The van der Waals surface area contributed by atoms with Crippen LogP contribution in [0.15, 0.2) is 6.07 Å². The van der Waals surface area contributed by atoms with Gasteiger partial charge in [-0.05, 0) is 37.0 Å². The molecule has 0 spiro atoms. The Morgan fingerprint density at radius 3 is 2.53 bits per heavy atom. The minimum Gasteiger partial charge on any atom is -0.367 e. The average molecular weight is 242 g/mol. The van der Waals surface area contributed by atoms with Gasteiger partial charge in [-0.3, -0.25) is 0 Å². The molecule has 3 rings (SSSR count). The monoisotopic (exact) mass is 242 g/mol. The Labute approximate surface area is 97.2 Å². The Bertz CT molecular complexity index is 453. The molecule has 0 amide bonds. The number of nitrogens with one attached hydrogen (secondary N) is 1. The number of nitrogens with zero attached hydrogens (tertiary/aromatic N) is 1. The summed E-state index contributed by atoms with van der Waals surface area (Å²) in [6.45, 7) is 0.604. The number of pyridine rings is 1. The second-order valence-electron chi connectivity index (χ2n) is 5.08. The molecule has 2 aliphatic rings. The van der Waals surface area contributed by atoms with Gasteiger partial charge in [0.25, 0.3) is 5.95 Å². The number of aromatic nitrogens is 1. The molecule has 92 valence electrons. The summed E-state index contributed by atoms with van der Waals surface area (Å²) in [6, 6.07) is 0.529. The molecular formula is C12H13F3N2.